The van der Waals surface area contributed by atoms with Crippen molar-refractivity contribution in [2.45, 2.75) is 25.3 Å². The van der Waals surface area contributed by atoms with Gasteiger partial charge in [-0.05, 0) is 32.4 Å². The smallest absolute Gasteiger partial charge is 0.123 e. The molecule has 0 fully saturated rings. The van der Waals surface area contributed by atoms with Gasteiger partial charge in [-0.15, -0.1) is 0 Å². The zero-order valence-electron chi connectivity index (χ0n) is 9.99. The minimum absolute atomic E-state index is 0.304. The lowest BCUT2D eigenvalue weighted by Gasteiger charge is -2.20. The minimum atomic E-state index is 0.304. The highest BCUT2D eigenvalue weighted by Gasteiger charge is 2.19. The Morgan fingerprint density at radius 3 is 2.75 bits per heavy atom. The van der Waals surface area contributed by atoms with Crippen molar-refractivity contribution in [1.29, 1.82) is 0 Å². The maximum atomic E-state index is 5.42. The molecule has 2 nitrogen and oxygen atoms in total. The van der Waals surface area contributed by atoms with Gasteiger partial charge in [0.05, 0.1) is 13.2 Å². The SMILES string of the molecule is CNC(C1=CCCC1)c1ccccc1OC. The van der Waals surface area contributed by atoms with Crippen LogP contribution in [0.2, 0.25) is 0 Å². The van der Waals surface area contributed by atoms with E-state index in [9.17, 15) is 0 Å². The fourth-order valence-corrected chi connectivity index (χ4v) is 2.40. The van der Waals surface area contributed by atoms with Crippen molar-refractivity contribution in [2.24, 2.45) is 0 Å². The van der Waals surface area contributed by atoms with Crippen molar-refractivity contribution in [2.75, 3.05) is 14.2 Å². The van der Waals surface area contributed by atoms with Crippen molar-refractivity contribution in [3.8, 4) is 5.75 Å². The fraction of sp³-hybridized carbons (Fsp3) is 0.429. The predicted molar refractivity (Wildman–Crippen MR) is 66.7 cm³/mol. The quantitative estimate of drug-likeness (QED) is 0.783. The van der Waals surface area contributed by atoms with Gasteiger partial charge in [-0.2, -0.15) is 0 Å². The van der Waals surface area contributed by atoms with Crippen LogP contribution in [0.15, 0.2) is 35.9 Å². The second kappa shape index (κ2) is 5.17. The second-order valence-corrected chi connectivity index (χ2v) is 4.13. The van der Waals surface area contributed by atoms with Gasteiger partial charge >= 0.3 is 0 Å². The standard InChI is InChI=1S/C14H19NO/c1-15-14(11-7-3-4-8-11)12-9-5-6-10-13(12)16-2/h5-7,9-10,14-15H,3-4,8H2,1-2H3. The molecule has 0 radical (unpaired) electrons. The van der Waals surface area contributed by atoms with Gasteiger partial charge < -0.3 is 10.1 Å². The highest BCUT2D eigenvalue weighted by Crippen LogP contribution is 2.34. The van der Waals surface area contributed by atoms with Crippen LogP contribution in [0.1, 0.15) is 30.9 Å². The number of benzene rings is 1. The number of likely N-dealkylation sites (N-methyl/N-ethyl adjacent to an activating group) is 1. The number of allylic oxidation sites excluding steroid dienone is 1. The summed E-state index contributed by atoms with van der Waals surface area (Å²) in [7, 11) is 3.74. The van der Waals surface area contributed by atoms with Crippen LogP contribution in [0.25, 0.3) is 0 Å². The summed E-state index contributed by atoms with van der Waals surface area (Å²) in [6.45, 7) is 0. The van der Waals surface area contributed by atoms with Gasteiger partial charge in [0.1, 0.15) is 5.75 Å². The van der Waals surface area contributed by atoms with Crippen LogP contribution in [-0.4, -0.2) is 14.2 Å². The maximum Gasteiger partial charge on any atom is 0.123 e. The van der Waals surface area contributed by atoms with Crippen LogP contribution in [0.4, 0.5) is 0 Å². The monoisotopic (exact) mass is 217 g/mol. The zero-order chi connectivity index (χ0) is 11.4. The summed E-state index contributed by atoms with van der Waals surface area (Å²) < 4.78 is 5.42. The molecular formula is C14H19NO. The molecule has 16 heavy (non-hydrogen) atoms. The molecule has 0 aliphatic heterocycles. The van der Waals surface area contributed by atoms with E-state index in [1.165, 1.54) is 30.4 Å². The van der Waals surface area contributed by atoms with E-state index in [0.717, 1.165) is 5.75 Å². The van der Waals surface area contributed by atoms with Crippen molar-refractivity contribution in [3.63, 3.8) is 0 Å². The Balaban J connectivity index is 2.32. The first-order chi connectivity index (χ1) is 7.86. The first-order valence-electron chi connectivity index (χ1n) is 5.86. The van der Waals surface area contributed by atoms with Gasteiger partial charge in [0.25, 0.3) is 0 Å². The molecule has 0 saturated heterocycles. The molecule has 1 aromatic rings. The Labute approximate surface area is 97.3 Å². The minimum Gasteiger partial charge on any atom is -0.496 e. The molecule has 86 valence electrons. The zero-order valence-corrected chi connectivity index (χ0v) is 9.99. The third kappa shape index (κ3) is 2.12. The molecule has 1 unspecified atom stereocenters. The van der Waals surface area contributed by atoms with Gasteiger partial charge in [0, 0.05) is 5.56 Å². The molecule has 0 bridgehead atoms. The second-order valence-electron chi connectivity index (χ2n) is 4.13. The van der Waals surface area contributed by atoms with Crippen molar-refractivity contribution in [1.82, 2.24) is 5.32 Å². The number of ether oxygens (including phenoxy) is 1. The number of hydrogen-bond acceptors (Lipinski definition) is 2. The normalized spacial score (nSPS) is 17.0. The topological polar surface area (TPSA) is 21.3 Å². The molecular weight excluding hydrogens is 198 g/mol. The largest absolute Gasteiger partial charge is 0.496 e. The summed E-state index contributed by atoms with van der Waals surface area (Å²) >= 11 is 0. The van der Waals surface area contributed by atoms with E-state index in [-0.39, 0.29) is 0 Å². The molecule has 0 saturated carbocycles. The van der Waals surface area contributed by atoms with Gasteiger partial charge in [-0.1, -0.05) is 29.8 Å². The molecule has 1 aromatic carbocycles. The molecule has 1 aliphatic rings. The van der Waals surface area contributed by atoms with Gasteiger partial charge in [0.15, 0.2) is 0 Å². The third-order valence-electron chi connectivity index (χ3n) is 3.19. The van der Waals surface area contributed by atoms with Crippen molar-refractivity contribution >= 4 is 0 Å². The van der Waals surface area contributed by atoms with E-state index in [2.05, 4.69) is 23.5 Å². The van der Waals surface area contributed by atoms with Gasteiger partial charge in [-0.3, -0.25) is 0 Å². The molecule has 0 spiro atoms. The summed E-state index contributed by atoms with van der Waals surface area (Å²) in [4.78, 5) is 0. The average Bonchev–Trinajstić information content (AvgIpc) is 2.84. The first kappa shape index (κ1) is 11.2. The molecule has 2 rings (SSSR count). The lowest BCUT2D eigenvalue weighted by atomic mass is 9.97. The van der Waals surface area contributed by atoms with E-state index >= 15 is 0 Å². The number of hydrogen-bond donors (Lipinski definition) is 1. The summed E-state index contributed by atoms with van der Waals surface area (Å²) in [6, 6.07) is 8.54. The van der Waals surface area contributed by atoms with Crippen LogP contribution in [0.3, 0.4) is 0 Å². The highest BCUT2D eigenvalue weighted by molar-refractivity contribution is 5.40. The summed E-state index contributed by atoms with van der Waals surface area (Å²) in [5.41, 5.74) is 2.73. The van der Waals surface area contributed by atoms with Crippen LogP contribution in [0, 0.1) is 0 Å². The van der Waals surface area contributed by atoms with E-state index in [0.29, 0.717) is 6.04 Å². The Morgan fingerprint density at radius 1 is 1.31 bits per heavy atom. The summed E-state index contributed by atoms with van der Waals surface area (Å²) in [5, 5.41) is 3.39. The van der Waals surface area contributed by atoms with E-state index in [4.69, 9.17) is 4.74 Å². The van der Waals surface area contributed by atoms with Crippen LogP contribution < -0.4 is 10.1 Å². The summed E-state index contributed by atoms with van der Waals surface area (Å²) in [6.07, 6.45) is 6.04. The lowest BCUT2D eigenvalue weighted by Crippen LogP contribution is -2.18. The molecule has 0 aromatic heterocycles. The molecule has 0 amide bonds. The van der Waals surface area contributed by atoms with E-state index in [1.807, 2.05) is 19.2 Å². The summed E-state index contributed by atoms with van der Waals surface area (Å²) in [5.74, 6) is 0.967. The Bertz CT molecular complexity index is 384. The molecule has 2 heteroatoms. The molecule has 1 atom stereocenters. The lowest BCUT2D eigenvalue weighted by molar-refractivity contribution is 0.404. The predicted octanol–water partition coefficient (Wildman–Crippen LogP) is 3.07. The third-order valence-corrected chi connectivity index (χ3v) is 3.19. The van der Waals surface area contributed by atoms with E-state index < -0.39 is 0 Å². The molecule has 1 aliphatic carbocycles. The maximum absolute atomic E-state index is 5.42. The number of rotatable bonds is 4. The van der Waals surface area contributed by atoms with Crippen LogP contribution in [0.5, 0.6) is 5.75 Å². The van der Waals surface area contributed by atoms with Crippen molar-refractivity contribution < 1.29 is 4.74 Å². The van der Waals surface area contributed by atoms with Crippen LogP contribution in [-0.2, 0) is 0 Å². The highest BCUT2D eigenvalue weighted by atomic mass is 16.5. The van der Waals surface area contributed by atoms with Gasteiger partial charge in [-0.25, -0.2) is 0 Å². The Morgan fingerprint density at radius 2 is 2.12 bits per heavy atom. The average molecular weight is 217 g/mol. The first-order valence-corrected chi connectivity index (χ1v) is 5.86. The Kier molecular flexibility index (Phi) is 3.62. The van der Waals surface area contributed by atoms with Crippen LogP contribution >= 0.6 is 0 Å². The molecule has 0 heterocycles. The van der Waals surface area contributed by atoms with Gasteiger partial charge in [0.2, 0.25) is 0 Å². The molecule has 1 N–H and O–H groups in total. The Hall–Kier alpha value is -1.28. The van der Waals surface area contributed by atoms with Crippen molar-refractivity contribution in [3.05, 3.63) is 41.5 Å². The number of nitrogens with one attached hydrogen (secondary N) is 1. The fourth-order valence-electron chi connectivity index (χ4n) is 2.40. The van der Waals surface area contributed by atoms with E-state index in [1.54, 1.807) is 7.11 Å². The number of para-hydroxylation sites is 1. The number of methoxy groups -OCH3 is 1.